The molecule has 1 atom stereocenters. The normalized spacial score (nSPS) is 20.1. The number of nitrogens with two attached hydrogens (primary N) is 1. The Kier molecular flexibility index (Phi) is 2.89. The molecule has 3 nitrogen and oxygen atoms in total. The highest BCUT2D eigenvalue weighted by molar-refractivity contribution is 5.11. The lowest BCUT2D eigenvalue weighted by atomic mass is 9.97. The summed E-state index contributed by atoms with van der Waals surface area (Å²) in [5, 5.41) is 8.86. The van der Waals surface area contributed by atoms with E-state index in [-0.39, 0.29) is 12.6 Å². The van der Waals surface area contributed by atoms with Gasteiger partial charge in [-0.25, -0.2) is 0 Å². The molecule has 1 aliphatic rings. The zero-order chi connectivity index (χ0) is 9.97. The quantitative estimate of drug-likeness (QED) is 0.775. The highest BCUT2D eigenvalue weighted by atomic mass is 16.4. The molecule has 0 amide bonds. The second-order valence-corrected chi connectivity index (χ2v) is 4.03. The van der Waals surface area contributed by atoms with E-state index >= 15 is 0 Å². The third-order valence-electron chi connectivity index (χ3n) is 3.07. The Labute approximate surface area is 83.9 Å². The predicted octanol–water partition coefficient (Wildman–Crippen LogP) is 1.96. The van der Waals surface area contributed by atoms with Crippen LogP contribution in [0.15, 0.2) is 16.5 Å². The van der Waals surface area contributed by atoms with Gasteiger partial charge in [0.25, 0.3) is 0 Å². The van der Waals surface area contributed by atoms with Crippen molar-refractivity contribution < 1.29 is 9.52 Å². The number of hydrogen-bond acceptors (Lipinski definition) is 3. The molecule has 1 aromatic heterocycles. The lowest BCUT2D eigenvalue weighted by Crippen LogP contribution is -2.18. The van der Waals surface area contributed by atoms with Gasteiger partial charge in [-0.15, -0.1) is 0 Å². The Morgan fingerprint density at radius 3 is 2.71 bits per heavy atom. The average Bonchev–Trinajstić information content (AvgIpc) is 2.88. The van der Waals surface area contributed by atoms with Crippen LogP contribution in [0.2, 0.25) is 0 Å². The van der Waals surface area contributed by atoms with Gasteiger partial charge in [0.15, 0.2) is 0 Å². The minimum Gasteiger partial charge on any atom is -0.462 e. The second-order valence-electron chi connectivity index (χ2n) is 4.03. The topological polar surface area (TPSA) is 59.4 Å². The van der Waals surface area contributed by atoms with Crippen LogP contribution >= 0.6 is 0 Å². The smallest absolute Gasteiger partial charge is 0.129 e. The van der Waals surface area contributed by atoms with E-state index in [4.69, 9.17) is 15.3 Å². The third-order valence-corrected chi connectivity index (χ3v) is 3.07. The fraction of sp³-hybridized carbons (Fsp3) is 0.636. The minimum absolute atomic E-state index is 0.0119. The third kappa shape index (κ3) is 1.83. The summed E-state index contributed by atoms with van der Waals surface area (Å²) in [5.74, 6) is 1.99. The summed E-state index contributed by atoms with van der Waals surface area (Å²) in [6, 6.07) is 3.69. The molecule has 1 heterocycles. The molecule has 0 aliphatic heterocycles. The van der Waals surface area contributed by atoms with Crippen molar-refractivity contribution in [3.05, 3.63) is 23.7 Å². The fourth-order valence-corrected chi connectivity index (χ4v) is 2.21. The molecule has 1 saturated carbocycles. The van der Waals surface area contributed by atoms with Crippen molar-refractivity contribution in [1.29, 1.82) is 0 Å². The van der Waals surface area contributed by atoms with E-state index < -0.39 is 0 Å². The van der Waals surface area contributed by atoms with Crippen LogP contribution in [0.25, 0.3) is 0 Å². The van der Waals surface area contributed by atoms with E-state index in [1.54, 1.807) is 6.07 Å². The second kappa shape index (κ2) is 4.15. The van der Waals surface area contributed by atoms with Crippen molar-refractivity contribution in [1.82, 2.24) is 0 Å². The van der Waals surface area contributed by atoms with Gasteiger partial charge in [0.05, 0.1) is 6.04 Å². The van der Waals surface area contributed by atoms with Gasteiger partial charge in [0.1, 0.15) is 18.1 Å². The molecule has 2 rings (SSSR count). The van der Waals surface area contributed by atoms with E-state index in [1.165, 1.54) is 25.7 Å². The van der Waals surface area contributed by atoms with Crippen LogP contribution in [-0.4, -0.2) is 5.11 Å². The lowest BCUT2D eigenvalue weighted by molar-refractivity contribution is 0.237. The van der Waals surface area contributed by atoms with Crippen molar-refractivity contribution in [2.45, 2.75) is 38.3 Å². The molecule has 1 aromatic rings. The molecule has 3 heteroatoms. The summed E-state index contributed by atoms with van der Waals surface area (Å²) in [6.45, 7) is -0.0443. The Morgan fingerprint density at radius 2 is 2.14 bits per heavy atom. The van der Waals surface area contributed by atoms with E-state index in [0.717, 1.165) is 5.76 Å². The van der Waals surface area contributed by atoms with Crippen LogP contribution < -0.4 is 5.73 Å². The van der Waals surface area contributed by atoms with Crippen molar-refractivity contribution in [3.8, 4) is 0 Å². The molecular weight excluding hydrogens is 178 g/mol. The van der Waals surface area contributed by atoms with Crippen molar-refractivity contribution in [3.63, 3.8) is 0 Å². The Morgan fingerprint density at radius 1 is 1.43 bits per heavy atom. The fourth-order valence-electron chi connectivity index (χ4n) is 2.21. The van der Waals surface area contributed by atoms with Crippen molar-refractivity contribution in [2.24, 2.45) is 11.7 Å². The van der Waals surface area contributed by atoms with E-state index in [1.807, 2.05) is 6.07 Å². The van der Waals surface area contributed by atoms with Gasteiger partial charge >= 0.3 is 0 Å². The SMILES string of the molecule is N[C@@H](c1ccc(CO)o1)C1CCCC1. The van der Waals surface area contributed by atoms with Crippen LogP contribution in [0.3, 0.4) is 0 Å². The first kappa shape index (κ1) is 9.74. The lowest BCUT2D eigenvalue weighted by Gasteiger charge is -2.15. The molecule has 0 bridgehead atoms. The number of furan rings is 1. The summed E-state index contributed by atoms with van der Waals surface area (Å²) in [5.41, 5.74) is 6.09. The minimum atomic E-state index is -0.0443. The first-order valence-corrected chi connectivity index (χ1v) is 5.26. The van der Waals surface area contributed by atoms with Gasteiger partial charge in [-0.3, -0.25) is 0 Å². The average molecular weight is 195 g/mol. The van der Waals surface area contributed by atoms with E-state index in [9.17, 15) is 0 Å². The van der Waals surface area contributed by atoms with Crippen LogP contribution in [0.1, 0.15) is 43.2 Å². The Balaban J connectivity index is 2.05. The molecule has 1 aliphatic carbocycles. The zero-order valence-electron chi connectivity index (χ0n) is 8.28. The monoisotopic (exact) mass is 195 g/mol. The van der Waals surface area contributed by atoms with Crippen molar-refractivity contribution in [2.75, 3.05) is 0 Å². The van der Waals surface area contributed by atoms with Crippen LogP contribution in [0.5, 0.6) is 0 Å². The van der Waals surface area contributed by atoms with Crippen LogP contribution in [0.4, 0.5) is 0 Å². The van der Waals surface area contributed by atoms with Crippen LogP contribution in [-0.2, 0) is 6.61 Å². The predicted molar refractivity (Wildman–Crippen MR) is 53.5 cm³/mol. The molecule has 3 N–H and O–H groups in total. The highest BCUT2D eigenvalue weighted by Gasteiger charge is 2.25. The Hall–Kier alpha value is -0.800. The maximum absolute atomic E-state index is 8.86. The number of aliphatic hydroxyl groups is 1. The summed E-state index contributed by atoms with van der Waals surface area (Å²) >= 11 is 0. The standard InChI is InChI=1S/C11H17NO2/c12-11(8-3-1-2-4-8)10-6-5-9(7-13)14-10/h5-6,8,11,13H,1-4,7,12H2/t11-/m1/s1. The first-order valence-electron chi connectivity index (χ1n) is 5.26. The summed E-state index contributed by atoms with van der Waals surface area (Å²) < 4.78 is 5.43. The molecule has 78 valence electrons. The van der Waals surface area contributed by atoms with Gasteiger partial charge in [0.2, 0.25) is 0 Å². The Bertz CT molecular complexity index is 289. The molecular formula is C11H17NO2. The van der Waals surface area contributed by atoms with Gasteiger partial charge in [-0.2, -0.15) is 0 Å². The maximum atomic E-state index is 8.86. The number of hydrogen-bond donors (Lipinski definition) is 2. The molecule has 0 unspecified atom stereocenters. The van der Waals surface area contributed by atoms with Gasteiger partial charge in [-0.05, 0) is 30.9 Å². The van der Waals surface area contributed by atoms with Gasteiger partial charge in [0, 0.05) is 0 Å². The molecule has 0 radical (unpaired) electrons. The molecule has 14 heavy (non-hydrogen) atoms. The maximum Gasteiger partial charge on any atom is 0.129 e. The number of aliphatic hydroxyl groups excluding tert-OH is 1. The zero-order valence-corrected chi connectivity index (χ0v) is 8.28. The van der Waals surface area contributed by atoms with E-state index in [2.05, 4.69) is 0 Å². The highest BCUT2D eigenvalue weighted by Crippen LogP contribution is 2.34. The molecule has 0 saturated heterocycles. The number of rotatable bonds is 3. The summed E-state index contributed by atoms with van der Waals surface area (Å²) in [6.07, 6.45) is 4.98. The van der Waals surface area contributed by atoms with Crippen molar-refractivity contribution >= 4 is 0 Å². The molecule has 1 fully saturated rings. The molecule has 0 spiro atoms. The van der Waals surface area contributed by atoms with Gasteiger partial charge in [-0.1, -0.05) is 12.8 Å². The molecule has 0 aromatic carbocycles. The first-order chi connectivity index (χ1) is 6.81. The summed E-state index contributed by atoms with van der Waals surface area (Å²) in [7, 11) is 0. The largest absolute Gasteiger partial charge is 0.462 e. The van der Waals surface area contributed by atoms with E-state index in [0.29, 0.717) is 11.7 Å². The van der Waals surface area contributed by atoms with Crippen LogP contribution in [0, 0.1) is 5.92 Å². The summed E-state index contributed by atoms with van der Waals surface area (Å²) in [4.78, 5) is 0. The van der Waals surface area contributed by atoms with Gasteiger partial charge < -0.3 is 15.3 Å².